The number of aryl methyl sites for hydroxylation is 2. The summed E-state index contributed by atoms with van der Waals surface area (Å²) in [6.07, 6.45) is 3.75. The van der Waals surface area contributed by atoms with Crippen LogP contribution in [-0.4, -0.2) is 15.9 Å². The molecule has 2 aromatic carbocycles. The van der Waals surface area contributed by atoms with E-state index in [4.69, 9.17) is 5.26 Å². The minimum absolute atomic E-state index is 0.233. The van der Waals surface area contributed by atoms with E-state index in [1.807, 2.05) is 38.1 Å². The molecule has 0 aliphatic heterocycles. The van der Waals surface area contributed by atoms with Crippen LogP contribution in [0.3, 0.4) is 0 Å². The molecular weight excluding hydrogens is 338 g/mol. The van der Waals surface area contributed by atoms with E-state index in [9.17, 15) is 4.79 Å². The van der Waals surface area contributed by atoms with Gasteiger partial charge < -0.3 is 10.6 Å². The number of nitrogens with one attached hydrogen (secondary N) is 2. The van der Waals surface area contributed by atoms with Gasteiger partial charge in [-0.15, -0.1) is 0 Å². The zero-order valence-electron chi connectivity index (χ0n) is 15.2. The fraction of sp³-hybridized carbons (Fsp3) is 0.143. The number of hydrogen-bond donors (Lipinski definition) is 2. The van der Waals surface area contributed by atoms with Crippen LogP contribution < -0.4 is 10.6 Å². The van der Waals surface area contributed by atoms with Crippen LogP contribution in [0.25, 0.3) is 0 Å². The van der Waals surface area contributed by atoms with Crippen LogP contribution in [0.5, 0.6) is 0 Å². The summed E-state index contributed by atoms with van der Waals surface area (Å²) >= 11 is 0. The molecule has 0 bridgehead atoms. The Bertz CT molecular complexity index is 1010. The number of carbonyl (C=O) groups excluding carboxylic acids is 1. The number of rotatable bonds is 5. The molecule has 0 spiro atoms. The number of para-hydroxylation sites is 1. The lowest BCUT2D eigenvalue weighted by atomic mass is 10.1. The van der Waals surface area contributed by atoms with E-state index < -0.39 is 0 Å². The molecule has 0 fully saturated rings. The van der Waals surface area contributed by atoms with Gasteiger partial charge in [0, 0.05) is 11.4 Å². The molecule has 1 aromatic heterocycles. The topological polar surface area (TPSA) is 90.7 Å². The number of benzene rings is 2. The first-order chi connectivity index (χ1) is 13.1. The van der Waals surface area contributed by atoms with Gasteiger partial charge in [0.2, 0.25) is 0 Å². The van der Waals surface area contributed by atoms with Crippen LogP contribution in [0.1, 0.15) is 34.1 Å². The Labute approximate surface area is 157 Å². The van der Waals surface area contributed by atoms with Gasteiger partial charge in [-0.3, -0.25) is 4.79 Å². The molecule has 3 rings (SSSR count). The van der Waals surface area contributed by atoms with Crippen LogP contribution in [0.15, 0.2) is 54.9 Å². The quantitative estimate of drug-likeness (QED) is 0.713. The minimum Gasteiger partial charge on any atom is -0.339 e. The van der Waals surface area contributed by atoms with E-state index in [1.54, 1.807) is 18.2 Å². The lowest BCUT2D eigenvalue weighted by Crippen LogP contribution is -2.16. The van der Waals surface area contributed by atoms with Crippen molar-refractivity contribution in [3.63, 3.8) is 0 Å². The van der Waals surface area contributed by atoms with E-state index in [0.29, 0.717) is 11.4 Å². The van der Waals surface area contributed by atoms with Gasteiger partial charge in [0.15, 0.2) is 0 Å². The Morgan fingerprint density at radius 2 is 1.96 bits per heavy atom. The summed E-state index contributed by atoms with van der Waals surface area (Å²) < 4.78 is 0. The molecule has 6 nitrogen and oxygen atoms in total. The van der Waals surface area contributed by atoms with Crippen LogP contribution in [0.4, 0.5) is 17.2 Å². The Balaban J connectivity index is 1.73. The summed E-state index contributed by atoms with van der Waals surface area (Å²) in [6.45, 7) is 4.01. The maximum atomic E-state index is 12.5. The van der Waals surface area contributed by atoms with Crippen LogP contribution in [0, 0.1) is 18.3 Å². The monoisotopic (exact) mass is 357 g/mol. The van der Waals surface area contributed by atoms with Gasteiger partial charge in [-0.25, -0.2) is 9.97 Å². The third kappa shape index (κ3) is 4.28. The molecule has 1 heterocycles. The molecule has 2 N–H and O–H groups in total. The maximum absolute atomic E-state index is 12.5. The Morgan fingerprint density at radius 1 is 1.15 bits per heavy atom. The van der Waals surface area contributed by atoms with Gasteiger partial charge in [0.05, 0.1) is 24.0 Å². The van der Waals surface area contributed by atoms with E-state index >= 15 is 0 Å². The Kier molecular flexibility index (Phi) is 5.43. The highest BCUT2D eigenvalue weighted by molar-refractivity contribution is 6.03. The van der Waals surface area contributed by atoms with Crippen molar-refractivity contribution in [3.05, 3.63) is 77.2 Å². The van der Waals surface area contributed by atoms with Crippen molar-refractivity contribution in [1.82, 2.24) is 9.97 Å². The lowest BCUT2D eigenvalue weighted by Gasteiger charge is -2.12. The second-order valence-corrected chi connectivity index (χ2v) is 6.02. The van der Waals surface area contributed by atoms with E-state index in [1.165, 1.54) is 12.4 Å². The molecular formula is C21H19N5O. The van der Waals surface area contributed by atoms with E-state index in [2.05, 4.69) is 26.7 Å². The fourth-order valence-corrected chi connectivity index (χ4v) is 2.70. The van der Waals surface area contributed by atoms with E-state index in [0.717, 1.165) is 28.9 Å². The lowest BCUT2D eigenvalue weighted by molar-refractivity contribution is 0.102. The first-order valence-electron chi connectivity index (χ1n) is 8.59. The summed E-state index contributed by atoms with van der Waals surface area (Å²) in [6, 6.07) is 15.1. The fourth-order valence-electron chi connectivity index (χ4n) is 2.70. The standard InChI is InChI=1S/C21H19N5O/c1-3-16-8-4-6-14(2)20(16)26-21(27)18-12-24-19(13-23-18)25-17-9-5-7-15(10-17)11-22/h4-10,12-13H,3H2,1-2H3,(H,24,25)(H,26,27). The smallest absolute Gasteiger partial charge is 0.275 e. The highest BCUT2D eigenvalue weighted by atomic mass is 16.1. The van der Waals surface area contributed by atoms with Crippen molar-refractivity contribution in [1.29, 1.82) is 5.26 Å². The predicted octanol–water partition coefficient (Wildman–Crippen LogP) is 4.22. The number of carbonyl (C=O) groups is 1. The average Bonchev–Trinajstić information content (AvgIpc) is 2.70. The van der Waals surface area contributed by atoms with Crippen LogP contribution in [0.2, 0.25) is 0 Å². The maximum Gasteiger partial charge on any atom is 0.275 e. The van der Waals surface area contributed by atoms with Crippen molar-refractivity contribution in [2.45, 2.75) is 20.3 Å². The zero-order chi connectivity index (χ0) is 19.2. The Hall–Kier alpha value is -3.72. The number of nitriles is 1. The molecule has 0 aliphatic carbocycles. The van der Waals surface area contributed by atoms with Crippen LogP contribution >= 0.6 is 0 Å². The molecule has 0 saturated heterocycles. The van der Waals surface area contributed by atoms with E-state index in [-0.39, 0.29) is 11.6 Å². The second-order valence-electron chi connectivity index (χ2n) is 6.02. The highest BCUT2D eigenvalue weighted by Crippen LogP contribution is 2.22. The zero-order valence-corrected chi connectivity index (χ0v) is 15.2. The largest absolute Gasteiger partial charge is 0.339 e. The minimum atomic E-state index is -0.301. The van der Waals surface area contributed by atoms with Gasteiger partial charge in [0.25, 0.3) is 5.91 Å². The van der Waals surface area contributed by atoms with Gasteiger partial charge in [-0.1, -0.05) is 31.2 Å². The van der Waals surface area contributed by atoms with Crippen molar-refractivity contribution in [2.24, 2.45) is 0 Å². The van der Waals surface area contributed by atoms with Gasteiger partial charge in [-0.2, -0.15) is 5.26 Å². The first kappa shape index (κ1) is 18.1. The molecule has 0 saturated carbocycles. The predicted molar refractivity (Wildman–Crippen MR) is 105 cm³/mol. The molecule has 6 heteroatoms. The molecule has 0 atom stereocenters. The highest BCUT2D eigenvalue weighted by Gasteiger charge is 2.12. The number of hydrogen-bond acceptors (Lipinski definition) is 5. The molecule has 134 valence electrons. The first-order valence-corrected chi connectivity index (χ1v) is 8.59. The Morgan fingerprint density at radius 3 is 2.67 bits per heavy atom. The van der Waals surface area contributed by atoms with Gasteiger partial charge >= 0.3 is 0 Å². The summed E-state index contributed by atoms with van der Waals surface area (Å²) in [5, 5.41) is 15.0. The van der Waals surface area contributed by atoms with Crippen LogP contribution in [-0.2, 0) is 6.42 Å². The molecule has 0 radical (unpaired) electrons. The summed E-state index contributed by atoms with van der Waals surface area (Å²) in [5.41, 5.74) is 4.42. The molecule has 0 unspecified atom stereocenters. The number of amides is 1. The number of aromatic nitrogens is 2. The normalized spacial score (nSPS) is 10.1. The van der Waals surface area contributed by atoms with Crippen molar-refractivity contribution >= 4 is 23.1 Å². The summed E-state index contributed by atoms with van der Waals surface area (Å²) in [5.74, 6) is 0.191. The number of nitrogens with zero attached hydrogens (tertiary/aromatic N) is 3. The third-order valence-corrected chi connectivity index (χ3v) is 4.13. The second kappa shape index (κ2) is 8.11. The summed E-state index contributed by atoms with van der Waals surface area (Å²) in [4.78, 5) is 21.0. The SMILES string of the molecule is CCc1cccc(C)c1NC(=O)c1cnc(Nc2cccc(C#N)c2)cn1. The number of anilines is 3. The third-order valence-electron chi connectivity index (χ3n) is 4.13. The summed E-state index contributed by atoms with van der Waals surface area (Å²) in [7, 11) is 0. The van der Waals surface area contributed by atoms with Gasteiger partial charge in [0.1, 0.15) is 11.5 Å². The molecule has 27 heavy (non-hydrogen) atoms. The van der Waals surface area contributed by atoms with Crippen molar-refractivity contribution in [2.75, 3.05) is 10.6 Å². The molecule has 3 aromatic rings. The van der Waals surface area contributed by atoms with Crippen molar-refractivity contribution < 1.29 is 4.79 Å². The van der Waals surface area contributed by atoms with Crippen molar-refractivity contribution in [3.8, 4) is 6.07 Å². The van der Waals surface area contributed by atoms with Gasteiger partial charge in [-0.05, 0) is 42.7 Å². The molecule has 1 amide bonds. The molecule has 0 aliphatic rings. The average molecular weight is 357 g/mol.